The third kappa shape index (κ3) is 3.24. The van der Waals surface area contributed by atoms with Crippen LogP contribution in [0.1, 0.15) is 28.8 Å². The largest absolute Gasteiger partial charge is 0.547 e. The van der Waals surface area contributed by atoms with Gasteiger partial charge in [0.25, 0.3) is 5.91 Å². The first kappa shape index (κ1) is 19.7. The molecule has 0 unspecified atom stereocenters. The maximum absolute atomic E-state index is 13.2. The van der Waals surface area contributed by atoms with E-state index in [4.69, 9.17) is 10.4 Å². The Morgan fingerprint density at radius 3 is 2.72 bits per heavy atom. The van der Waals surface area contributed by atoms with E-state index in [1.54, 1.807) is 12.1 Å². The van der Waals surface area contributed by atoms with Crippen molar-refractivity contribution in [2.24, 2.45) is 5.73 Å². The van der Waals surface area contributed by atoms with E-state index in [0.29, 0.717) is 38.0 Å². The van der Waals surface area contributed by atoms with Gasteiger partial charge in [-0.25, -0.2) is 9.59 Å². The van der Waals surface area contributed by atoms with Gasteiger partial charge in [-0.1, -0.05) is 12.1 Å². The number of carbonyl (C=O) groups excluding carboxylic acids is 2. The molecule has 3 aliphatic heterocycles. The minimum Gasteiger partial charge on any atom is -0.534 e. The zero-order valence-electron chi connectivity index (χ0n) is 15.8. The molecule has 0 aromatic heterocycles. The highest BCUT2D eigenvalue weighted by Crippen LogP contribution is 2.36. The summed E-state index contributed by atoms with van der Waals surface area (Å²) in [5.41, 5.74) is 5.07. The van der Waals surface area contributed by atoms with Crippen molar-refractivity contribution in [3.05, 3.63) is 29.3 Å². The number of nitrogens with zero attached hydrogens (tertiary/aromatic N) is 2. The Morgan fingerprint density at radius 1 is 1.34 bits per heavy atom. The van der Waals surface area contributed by atoms with Gasteiger partial charge in [0.1, 0.15) is 11.3 Å². The second-order valence-corrected chi connectivity index (χ2v) is 7.70. The number of aromatic carboxylic acids is 1. The molecule has 4 rings (SSSR count). The number of rotatable bonds is 4. The molecule has 0 bridgehead atoms. The van der Waals surface area contributed by atoms with Gasteiger partial charge in [-0.15, -0.1) is 0 Å². The summed E-state index contributed by atoms with van der Waals surface area (Å²) in [5, 5.41) is 22.6. The number of carboxylic acids is 1. The van der Waals surface area contributed by atoms with Crippen molar-refractivity contribution < 1.29 is 29.2 Å². The highest BCUT2D eigenvalue weighted by atomic mass is 16.5. The first-order valence-electron chi connectivity index (χ1n) is 9.64. The molecule has 3 amide bonds. The van der Waals surface area contributed by atoms with E-state index in [-0.39, 0.29) is 23.6 Å². The summed E-state index contributed by atoms with van der Waals surface area (Å²) in [4.78, 5) is 40.5. The van der Waals surface area contributed by atoms with E-state index in [1.807, 2.05) is 0 Å². The smallest absolute Gasteiger partial charge is 0.534 e. The van der Waals surface area contributed by atoms with Crippen LogP contribution in [0.25, 0.3) is 0 Å². The van der Waals surface area contributed by atoms with E-state index in [0.717, 1.165) is 11.4 Å². The summed E-state index contributed by atoms with van der Waals surface area (Å²) in [5.74, 6) is -2.41. The summed E-state index contributed by atoms with van der Waals surface area (Å²) >= 11 is 0. The van der Waals surface area contributed by atoms with Gasteiger partial charge in [0, 0.05) is 26.2 Å². The molecule has 0 radical (unpaired) electrons. The van der Waals surface area contributed by atoms with Gasteiger partial charge in [0.15, 0.2) is 0 Å². The van der Waals surface area contributed by atoms with Crippen molar-refractivity contribution >= 4 is 25.0 Å². The Hall–Kier alpha value is -2.63. The predicted octanol–water partition coefficient (Wildman–Crippen LogP) is -0.947. The van der Waals surface area contributed by atoms with Gasteiger partial charge in [-0.2, -0.15) is 0 Å². The quantitative estimate of drug-likeness (QED) is 0.373. The molecule has 11 heteroatoms. The van der Waals surface area contributed by atoms with Crippen LogP contribution >= 0.6 is 0 Å². The average molecular weight is 402 g/mol. The van der Waals surface area contributed by atoms with Gasteiger partial charge in [0.2, 0.25) is 0 Å². The number of amides is 3. The Morgan fingerprint density at radius 2 is 2.07 bits per heavy atom. The van der Waals surface area contributed by atoms with Crippen LogP contribution in [-0.4, -0.2) is 82.6 Å². The van der Waals surface area contributed by atoms with Gasteiger partial charge in [0.05, 0.1) is 11.5 Å². The van der Waals surface area contributed by atoms with Crippen LogP contribution in [0.4, 0.5) is 4.79 Å². The number of nitrogens with two attached hydrogens (primary N) is 1. The van der Waals surface area contributed by atoms with Crippen molar-refractivity contribution in [1.82, 2.24) is 15.1 Å². The molecular weight excluding hydrogens is 379 g/mol. The van der Waals surface area contributed by atoms with Crippen LogP contribution < -0.4 is 15.7 Å². The minimum absolute atomic E-state index is 0.0686. The summed E-state index contributed by atoms with van der Waals surface area (Å²) < 4.78 is 5.45. The molecule has 3 heterocycles. The Labute approximate surface area is 167 Å². The molecule has 5 N–H and O–H groups in total. The number of imide groups is 1. The number of piperidine rings is 1. The number of carbonyl (C=O) groups is 3. The summed E-state index contributed by atoms with van der Waals surface area (Å²) in [6, 6.07) is 4.06. The van der Waals surface area contributed by atoms with Crippen molar-refractivity contribution in [2.75, 3.05) is 26.2 Å². The summed E-state index contributed by atoms with van der Waals surface area (Å²) in [6.07, 6.45) is 1.06. The third-order valence-corrected chi connectivity index (χ3v) is 6.00. The topological polar surface area (TPSA) is 145 Å². The molecule has 1 atom stereocenters. The fraction of sp³-hybridized carbons (Fsp3) is 0.500. The average Bonchev–Trinajstić information content (AvgIpc) is 2.92. The van der Waals surface area contributed by atoms with Crippen LogP contribution in [0, 0.1) is 0 Å². The molecule has 2 saturated heterocycles. The molecule has 10 nitrogen and oxygen atoms in total. The maximum atomic E-state index is 13.2. The van der Waals surface area contributed by atoms with E-state index in [1.165, 1.54) is 6.07 Å². The molecule has 154 valence electrons. The van der Waals surface area contributed by atoms with Gasteiger partial charge in [-0.3, -0.25) is 9.69 Å². The maximum Gasteiger partial charge on any atom is 0.547 e. The summed E-state index contributed by atoms with van der Waals surface area (Å²) in [7, 11) is -1.51. The number of para-hydroxylation sites is 1. The van der Waals surface area contributed by atoms with Crippen LogP contribution in [0.5, 0.6) is 5.75 Å². The number of benzene rings is 1. The van der Waals surface area contributed by atoms with E-state index in [9.17, 15) is 24.5 Å². The van der Waals surface area contributed by atoms with Gasteiger partial charge < -0.3 is 30.7 Å². The molecule has 0 saturated carbocycles. The number of carboxylic acid groups (broad SMARTS) is 1. The molecule has 1 aromatic carbocycles. The van der Waals surface area contributed by atoms with E-state index in [2.05, 4.69) is 10.2 Å². The van der Waals surface area contributed by atoms with Crippen molar-refractivity contribution in [2.45, 2.75) is 30.7 Å². The molecule has 3 aliphatic rings. The monoisotopic (exact) mass is 402 g/mol. The Bertz CT molecular complexity index is 857. The minimum atomic E-state index is -1.51. The molecule has 1 aromatic rings. The third-order valence-electron chi connectivity index (χ3n) is 6.00. The Kier molecular flexibility index (Phi) is 4.97. The lowest BCUT2D eigenvalue weighted by Crippen LogP contribution is -2.58. The van der Waals surface area contributed by atoms with Crippen LogP contribution in [0.3, 0.4) is 0 Å². The van der Waals surface area contributed by atoms with E-state index < -0.39 is 30.6 Å². The lowest BCUT2D eigenvalue weighted by molar-refractivity contribution is -0.133. The molecule has 1 spiro atoms. The fourth-order valence-electron chi connectivity index (χ4n) is 4.42. The number of nitrogens with one attached hydrogen (secondary N) is 1. The predicted molar refractivity (Wildman–Crippen MR) is 102 cm³/mol. The normalized spacial score (nSPS) is 23.7. The molecular formula is C18H23BN4O6. The Balaban J connectivity index is 1.56. The number of likely N-dealkylation sites (tertiary alicyclic amines) is 1. The highest BCUT2D eigenvalue weighted by Gasteiger charge is 2.57. The lowest BCUT2D eigenvalue weighted by atomic mass is 9.71. The first-order chi connectivity index (χ1) is 13.9. The number of fused-ring (bicyclic) bond motifs is 1. The van der Waals surface area contributed by atoms with E-state index >= 15 is 0 Å². The second-order valence-electron chi connectivity index (χ2n) is 7.70. The summed E-state index contributed by atoms with van der Waals surface area (Å²) in [6.45, 7) is 2.56. The zero-order chi connectivity index (χ0) is 20.8. The number of hydrogen-bond acceptors (Lipinski definition) is 7. The SMILES string of the molecule is NCCN1CCC2(CC1)NC(=O)N([C@H]1Cc3cccc(C(=O)O)c3OB1O)C2=O. The van der Waals surface area contributed by atoms with Gasteiger partial charge in [-0.05, 0) is 30.9 Å². The van der Waals surface area contributed by atoms with Gasteiger partial charge >= 0.3 is 19.1 Å². The molecule has 29 heavy (non-hydrogen) atoms. The second kappa shape index (κ2) is 7.32. The lowest BCUT2D eigenvalue weighted by Gasteiger charge is -2.38. The standard InChI is InChI=1S/C18H23BN4O6/c20-6-9-22-7-4-18(5-8-22)16(26)23(17(27)21-18)13-10-11-2-1-3-12(15(24)25)14(11)29-19(13)28/h1-3,13,28H,4-10,20H2,(H,21,27)(H,24,25)/t13-/m0/s1. The fourth-order valence-corrected chi connectivity index (χ4v) is 4.42. The van der Waals surface area contributed by atoms with Crippen molar-refractivity contribution in [3.63, 3.8) is 0 Å². The van der Waals surface area contributed by atoms with Crippen LogP contribution in [0.15, 0.2) is 18.2 Å². The van der Waals surface area contributed by atoms with Crippen LogP contribution in [0.2, 0.25) is 0 Å². The first-order valence-corrected chi connectivity index (χ1v) is 9.64. The zero-order valence-corrected chi connectivity index (χ0v) is 15.8. The number of urea groups is 1. The molecule has 0 aliphatic carbocycles. The molecule has 2 fully saturated rings. The number of hydrogen-bond donors (Lipinski definition) is 4. The van der Waals surface area contributed by atoms with Crippen molar-refractivity contribution in [3.8, 4) is 5.75 Å². The van der Waals surface area contributed by atoms with Crippen molar-refractivity contribution in [1.29, 1.82) is 0 Å². The highest BCUT2D eigenvalue weighted by molar-refractivity contribution is 6.47. The van der Waals surface area contributed by atoms with Crippen LogP contribution in [-0.2, 0) is 11.2 Å².